The molecule has 0 unspecified atom stereocenters. The summed E-state index contributed by atoms with van der Waals surface area (Å²) in [5, 5.41) is 5.55. The van der Waals surface area contributed by atoms with Crippen LogP contribution < -0.4 is 0 Å². The second-order valence-corrected chi connectivity index (χ2v) is 13.9. The summed E-state index contributed by atoms with van der Waals surface area (Å²) in [4.78, 5) is 0. The maximum atomic E-state index is 10.1. The Hall–Kier alpha value is -7.62. The van der Waals surface area contributed by atoms with E-state index in [0.29, 0.717) is 27.5 Å². The summed E-state index contributed by atoms with van der Waals surface area (Å²) in [5.74, 6) is 0. The van der Waals surface area contributed by atoms with Crippen LogP contribution in [0, 0.1) is 0 Å². The fraction of sp³-hybridized carbons (Fsp3) is 0. The quantitative estimate of drug-likeness (QED) is 0.167. The highest BCUT2D eigenvalue weighted by Crippen LogP contribution is 2.42. The van der Waals surface area contributed by atoms with Crippen LogP contribution in [-0.2, 0) is 0 Å². The molecule has 0 N–H and O–H groups in total. The summed E-state index contributed by atoms with van der Waals surface area (Å²) in [6, 6.07) is 35.2. The molecule has 0 saturated carbocycles. The smallest absolute Gasteiger partial charge is 0.0782 e. The van der Waals surface area contributed by atoms with E-state index in [4.69, 9.17) is 13.7 Å². The molecule has 0 aliphatic carbocycles. The van der Waals surface area contributed by atoms with Crippen molar-refractivity contribution in [3.63, 3.8) is 0 Å². The Morgan fingerprint density at radius 1 is 0.316 bits per heavy atom. The summed E-state index contributed by atoms with van der Waals surface area (Å²) in [5.41, 5.74) is 4.14. The number of aromatic nitrogens is 3. The first-order chi connectivity index (χ1) is 33.7. The molecule has 0 aliphatic rings. The van der Waals surface area contributed by atoms with Crippen LogP contribution in [0.5, 0.6) is 0 Å². The monoisotopic (exact) mass is 738 g/mol. The van der Waals surface area contributed by atoms with Gasteiger partial charge in [0.25, 0.3) is 0 Å². The van der Waals surface area contributed by atoms with E-state index in [2.05, 4.69) is 57.7 Å². The van der Waals surface area contributed by atoms with Crippen molar-refractivity contribution in [1.29, 1.82) is 0 Å². The van der Waals surface area contributed by atoms with Gasteiger partial charge in [0.15, 0.2) is 0 Å². The summed E-state index contributed by atoms with van der Waals surface area (Å²) in [6.45, 7) is 0. The predicted octanol–water partition coefficient (Wildman–Crippen LogP) is 14.3. The second kappa shape index (κ2) is 12.5. The van der Waals surface area contributed by atoms with Gasteiger partial charge < -0.3 is 13.7 Å². The van der Waals surface area contributed by atoms with E-state index in [0.717, 1.165) is 49.3 Å². The van der Waals surface area contributed by atoms with Crippen LogP contribution in [0.2, 0.25) is 0 Å². The van der Waals surface area contributed by atoms with Crippen molar-refractivity contribution in [2.24, 2.45) is 0 Å². The molecule has 0 radical (unpaired) electrons. The number of para-hydroxylation sites is 5. The largest absolute Gasteiger partial charge is 0.309 e. The molecule has 3 nitrogen and oxygen atoms in total. The third-order valence-corrected chi connectivity index (χ3v) is 10.9. The molecule has 57 heavy (non-hydrogen) atoms. The number of hydrogen-bond donors (Lipinski definition) is 0. The van der Waals surface area contributed by atoms with Crippen molar-refractivity contribution < 1.29 is 17.8 Å². The van der Waals surface area contributed by atoms with Crippen LogP contribution in [0.4, 0.5) is 0 Å². The van der Waals surface area contributed by atoms with Gasteiger partial charge in [-0.15, -0.1) is 0 Å². The third kappa shape index (κ3) is 4.79. The van der Waals surface area contributed by atoms with Gasteiger partial charge in [-0.3, -0.25) is 0 Å². The average Bonchev–Trinajstić information content (AvgIpc) is 4.01. The number of benzene rings is 9. The number of nitrogens with zero attached hydrogens (tertiary/aromatic N) is 3. The standard InChI is InChI=1S/C54H35N3/c1-3-16-36(17-4-1)38-32-39(37-18-5-2-6-19-37)34-41(33-38)56-50-27-13-10-23-45(50)47-24-15-29-52(54(47)56)57-51-28-14-9-22-44(51)46-31-30-40(35-53(46)57)55-48-25-11-7-20-42(48)43-21-8-12-26-49(43)55/h1-35H/i1D,2D,3D,4D,5D,6D,16D,17D,18D,19D,32D,33D,34D. The molecule has 12 rings (SSSR count). The Morgan fingerprint density at radius 3 is 1.33 bits per heavy atom. The highest BCUT2D eigenvalue weighted by Gasteiger charge is 2.22. The van der Waals surface area contributed by atoms with E-state index >= 15 is 0 Å². The fourth-order valence-corrected chi connectivity index (χ4v) is 8.54. The lowest BCUT2D eigenvalue weighted by molar-refractivity contribution is 1.13. The van der Waals surface area contributed by atoms with E-state index in [9.17, 15) is 4.11 Å². The van der Waals surface area contributed by atoms with Crippen molar-refractivity contribution in [2.45, 2.75) is 0 Å². The van der Waals surface area contributed by atoms with Crippen LogP contribution in [-0.4, -0.2) is 13.7 Å². The molecule has 0 bridgehead atoms. The van der Waals surface area contributed by atoms with Crippen molar-refractivity contribution in [3.8, 4) is 39.3 Å². The maximum absolute atomic E-state index is 10.1. The predicted molar refractivity (Wildman–Crippen MR) is 240 cm³/mol. The number of fused-ring (bicyclic) bond motifs is 9. The van der Waals surface area contributed by atoms with Gasteiger partial charge in [0.05, 0.1) is 56.6 Å². The van der Waals surface area contributed by atoms with E-state index in [1.54, 1.807) is 10.6 Å². The molecule has 3 heteroatoms. The second-order valence-electron chi connectivity index (χ2n) is 13.9. The Bertz CT molecular complexity index is 4090. The van der Waals surface area contributed by atoms with Crippen LogP contribution in [0.3, 0.4) is 0 Å². The van der Waals surface area contributed by atoms with E-state index in [-0.39, 0.29) is 5.69 Å². The first-order valence-corrected chi connectivity index (χ1v) is 18.6. The van der Waals surface area contributed by atoms with Gasteiger partial charge in [-0.1, -0.05) is 151 Å². The van der Waals surface area contributed by atoms with E-state index in [1.807, 2.05) is 78.9 Å². The summed E-state index contributed by atoms with van der Waals surface area (Å²) >= 11 is 0. The van der Waals surface area contributed by atoms with Crippen LogP contribution in [0.15, 0.2) is 212 Å². The molecule has 0 fully saturated rings. The minimum atomic E-state index is -0.721. The van der Waals surface area contributed by atoms with Crippen molar-refractivity contribution in [3.05, 3.63) is 212 Å². The zero-order valence-corrected chi connectivity index (χ0v) is 30.0. The topological polar surface area (TPSA) is 14.8 Å². The van der Waals surface area contributed by atoms with E-state index in [1.165, 1.54) is 0 Å². The summed E-state index contributed by atoms with van der Waals surface area (Å²) < 4.78 is 123. The molecule has 0 atom stereocenters. The molecule has 3 aromatic heterocycles. The summed E-state index contributed by atoms with van der Waals surface area (Å²) in [7, 11) is 0. The van der Waals surface area contributed by atoms with Crippen LogP contribution in [0.25, 0.3) is 105 Å². The highest BCUT2D eigenvalue weighted by atomic mass is 15.1. The first kappa shape index (κ1) is 21.5. The molecular formula is C54H35N3. The third-order valence-electron chi connectivity index (χ3n) is 10.9. The van der Waals surface area contributed by atoms with Crippen LogP contribution >= 0.6 is 0 Å². The number of hydrogen-bond acceptors (Lipinski definition) is 0. The lowest BCUT2D eigenvalue weighted by Crippen LogP contribution is -2.02. The number of rotatable bonds is 5. The molecule has 266 valence electrons. The molecule has 0 saturated heterocycles. The van der Waals surface area contributed by atoms with Crippen molar-refractivity contribution in [1.82, 2.24) is 13.7 Å². The van der Waals surface area contributed by atoms with E-state index < -0.39 is 101 Å². The van der Waals surface area contributed by atoms with Gasteiger partial charge in [0, 0.05) is 43.7 Å². The lowest BCUT2D eigenvalue weighted by Gasteiger charge is -2.17. The minimum Gasteiger partial charge on any atom is -0.309 e. The SMILES string of the molecule is [2H]c1c([2H])c([2H])c(-c2c([2H])c(-c3c([2H])c([2H])c([2H])c([2H])c3[2H])c([2H])c(-n3c4ccccc4c4cccc(-n5c6ccccc6c6ccc(-n7c8ccccc8c8ccccc87)cc65)c43)c2[2H])c([2H])c1[2H]. The molecule has 0 aliphatic heterocycles. The van der Waals surface area contributed by atoms with Gasteiger partial charge in [0.1, 0.15) is 0 Å². The Morgan fingerprint density at radius 2 is 0.772 bits per heavy atom. The normalized spacial score (nSPS) is 15.1. The fourth-order valence-electron chi connectivity index (χ4n) is 8.54. The lowest BCUT2D eigenvalue weighted by atomic mass is 9.98. The highest BCUT2D eigenvalue weighted by molar-refractivity contribution is 6.16. The molecule has 9 aromatic carbocycles. The maximum Gasteiger partial charge on any atom is 0.0782 e. The van der Waals surface area contributed by atoms with Gasteiger partial charge in [-0.2, -0.15) is 0 Å². The Balaban J connectivity index is 1.26. The average molecular weight is 739 g/mol. The Kier molecular flexibility index (Phi) is 4.69. The zero-order valence-electron chi connectivity index (χ0n) is 43.0. The molecular weight excluding hydrogens is 691 g/mol. The van der Waals surface area contributed by atoms with Crippen molar-refractivity contribution in [2.75, 3.05) is 0 Å². The van der Waals surface area contributed by atoms with Gasteiger partial charge >= 0.3 is 0 Å². The zero-order chi connectivity index (χ0) is 48.8. The van der Waals surface area contributed by atoms with Gasteiger partial charge in [-0.25, -0.2) is 0 Å². The molecule has 0 spiro atoms. The molecule has 3 heterocycles. The Labute approximate surface area is 347 Å². The summed E-state index contributed by atoms with van der Waals surface area (Å²) in [6.07, 6.45) is 0. The first-order valence-electron chi connectivity index (χ1n) is 25.1. The minimum absolute atomic E-state index is 0.204. The van der Waals surface area contributed by atoms with Gasteiger partial charge in [0.2, 0.25) is 0 Å². The van der Waals surface area contributed by atoms with Crippen LogP contribution in [0.1, 0.15) is 17.8 Å². The van der Waals surface area contributed by atoms with Crippen molar-refractivity contribution >= 4 is 65.4 Å². The van der Waals surface area contributed by atoms with Gasteiger partial charge in [-0.05, 0) is 82.8 Å². The molecule has 0 amide bonds. The molecule has 12 aromatic rings.